The first-order valence-corrected chi connectivity index (χ1v) is 6.49. The van der Waals surface area contributed by atoms with Gasteiger partial charge in [0.25, 0.3) is 0 Å². The second kappa shape index (κ2) is 6.15. The number of rotatable bonds is 5. The lowest BCUT2D eigenvalue weighted by Gasteiger charge is -2.35. The molecule has 2 aliphatic rings. The summed E-state index contributed by atoms with van der Waals surface area (Å²) < 4.78 is 5.70. The topological polar surface area (TPSA) is 78.9 Å². The third kappa shape index (κ3) is 3.68. The van der Waals surface area contributed by atoms with Gasteiger partial charge in [0.1, 0.15) is 0 Å². The Balaban J connectivity index is 1.64. The number of carboxylic acids is 1. The quantitative estimate of drug-likeness (QED) is 0.714. The van der Waals surface area contributed by atoms with Gasteiger partial charge in [0.05, 0.1) is 19.1 Å². The van der Waals surface area contributed by atoms with Crippen molar-refractivity contribution in [3.05, 3.63) is 0 Å². The summed E-state index contributed by atoms with van der Waals surface area (Å²) in [4.78, 5) is 24.1. The molecular formula is C12H20N2O4. The highest BCUT2D eigenvalue weighted by atomic mass is 16.5. The van der Waals surface area contributed by atoms with Gasteiger partial charge in [0.15, 0.2) is 0 Å². The molecule has 0 aromatic heterocycles. The fourth-order valence-corrected chi connectivity index (χ4v) is 2.55. The Morgan fingerprint density at radius 1 is 1.39 bits per heavy atom. The number of nitrogens with one attached hydrogen (secondary N) is 1. The lowest BCUT2D eigenvalue weighted by atomic mass is 10.2. The molecule has 2 fully saturated rings. The zero-order chi connectivity index (χ0) is 13.0. The Kier molecular flexibility index (Phi) is 4.54. The van der Waals surface area contributed by atoms with E-state index in [0.717, 1.165) is 19.7 Å². The standard InChI is InChI=1S/C12H20N2O4/c15-11(3-4-12(16)17)13-6-10-7-14-5-1-2-9(14)8-18-10/h9-10H,1-8H2,(H,13,15)(H,16,17). The van der Waals surface area contributed by atoms with Crippen LogP contribution in [0.3, 0.4) is 0 Å². The van der Waals surface area contributed by atoms with E-state index in [1.807, 2.05) is 0 Å². The number of fused-ring (bicyclic) bond motifs is 1. The summed E-state index contributed by atoms with van der Waals surface area (Å²) in [5.41, 5.74) is 0. The number of carbonyl (C=O) groups excluding carboxylic acids is 1. The smallest absolute Gasteiger partial charge is 0.303 e. The molecule has 0 bridgehead atoms. The van der Waals surface area contributed by atoms with Crippen LogP contribution < -0.4 is 5.32 Å². The van der Waals surface area contributed by atoms with Crippen LogP contribution >= 0.6 is 0 Å². The minimum Gasteiger partial charge on any atom is -0.481 e. The number of aliphatic carboxylic acids is 1. The number of morpholine rings is 1. The van der Waals surface area contributed by atoms with Gasteiger partial charge >= 0.3 is 5.97 Å². The van der Waals surface area contributed by atoms with Crippen LogP contribution in [0.2, 0.25) is 0 Å². The van der Waals surface area contributed by atoms with Gasteiger partial charge < -0.3 is 15.2 Å². The molecule has 2 unspecified atom stereocenters. The Bertz CT molecular complexity index is 321. The summed E-state index contributed by atoms with van der Waals surface area (Å²) in [6.45, 7) is 3.21. The van der Waals surface area contributed by atoms with E-state index in [1.54, 1.807) is 0 Å². The maximum Gasteiger partial charge on any atom is 0.303 e. The van der Waals surface area contributed by atoms with Crippen LogP contribution in [0.4, 0.5) is 0 Å². The van der Waals surface area contributed by atoms with Crippen molar-refractivity contribution in [2.45, 2.75) is 37.8 Å². The summed E-state index contributed by atoms with van der Waals surface area (Å²) in [7, 11) is 0. The number of hydrogen-bond acceptors (Lipinski definition) is 4. The van der Waals surface area contributed by atoms with Crippen LogP contribution in [-0.4, -0.2) is 60.3 Å². The van der Waals surface area contributed by atoms with Gasteiger partial charge in [0, 0.05) is 25.6 Å². The molecule has 6 heteroatoms. The van der Waals surface area contributed by atoms with E-state index < -0.39 is 5.97 Å². The van der Waals surface area contributed by atoms with E-state index in [4.69, 9.17) is 9.84 Å². The summed E-state index contributed by atoms with van der Waals surface area (Å²) in [5.74, 6) is -1.16. The minimum atomic E-state index is -0.945. The molecule has 0 aromatic carbocycles. The normalized spacial score (nSPS) is 27.8. The Labute approximate surface area is 106 Å². The molecular weight excluding hydrogens is 236 g/mol. The maximum atomic E-state index is 11.4. The Morgan fingerprint density at radius 3 is 3.00 bits per heavy atom. The Hall–Kier alpha value is -1.14. The third-order valence-electron chi connectivity index (χ3n) is 3.55. The van der Waals surface area contributed by atoms with E-state index in [9.17, 15) is 9.59 Å². The largest absolute Gasteiger partial charge is 0.481 e. The maximum absolute atomic E-state index is 11.4. The molecule has 2 N–H and O–H groups in total. The molecule has 2 aliphatic heterocycles. The van der Waals surface area contributed by atoms with Gasteiger partial charge in [-0.2, -0.15) is 0 Å². The molecule has 0 aliphatic carbocycles. The molecule has 0 aromatic rings. The van der Waals surface area contributed by atoms with E-state index in [-0.39, 0.29) is 24.9 Å². The van der Waals surface area contributed by atoms with Crippen molar-refractivity contribution in [3.63, 3.8) is 0 Å². The third-order valence-corrected chi connectivity index (χ3v) is 3.55. The number of amides is 1. The molecule has 6 nitrogen and oxygen atoms in total. The zero-order valence-electron chi connectivity index (χ0n) is 10.4. The van der Waals surface area contributed by atoms with Gasteiger partial charge in [-0.25, -0.2) is 0 Å². The molecule has 0 saturated carbocycles. The molecule has 1 amide bonds. The molecule has 2 saturated heterocycles. The highest BCUT2D eigenvalue weighted by Crippen LogP contribution is 2.22. The molecule has 2 heterocycles. The Morgan fingerprint density at radius 2 is 2.22 bits per heavy atom. The van der Waals surface area contributed by atoms with Gasteiger partial charge in [-0.15, -0.1) is 0 Å². The van der Waals surface area contributed by atoms with E-state index in [0.29, 0.717) is 12.6 Å². The second-order valence-corrected chi connectivity index (χ2v) is 4.94. The van der Waals surface area contributed by atoms with Crippen molar-refractivity contribution >= 4 is 11.9 Å². The van der Waals surface area contributed by atoms with Gasteiger partial charge in [0.2, 0.25) is 5.91 Å². The molecule has 0 radical (unpaired) electrons. The number of ether oxygens (including phenoxy) is 1. The summed E-state index contributed by atoms with van der Waals surface area (Å²) >= 11 is 0. The first-order valence-electron chi connectivity index (χ1n) is 6.49. The zero-order valence-corrected chi connectivity index (χ0v) is 10.4. The number of nitrogens with zero attached hydrogens (tertiary/aromatic N) is 1. The first-order chi connectivity index (χ1) is 8.65. The fourth-order valence-electron chi connectivity index (χ4n) is 2.55. The summed E-state index contributed by atoms with van der Waals surface area (Å²) in [6, 6.07) is 0.559. The van der Waals surface area contributed by atoms with Crippen molar-refractivity contribution in [2.24, 2.45) is 0 Å². The minimum absolute atomic E-state index is 0.0353. The van der Waals surface area contributed by atoms with Crippen molar-refractivity contribution in [3.8, 4) is 0 Å². The lowest BCUT2D eigenvalue weighted by molar-refractivity contribution is -0.139. The lowest BCUT2D eigenvalue weighted by Crippen LogP contribution is -2.50. The van der Waals surface area contributed by atoms with Crippen LogP contribution in [0.1, 0.15) is 25.7 Å². The highest BCUT2D eigenvalue weighted by Gasteiger charge is 2.32. The predicted octanol–water partition coefficient (Wildman–Crippen LogP) is -0.169. The van der Waals surface area contributed by atoms with E-state index in [1.165, 1.54) is 12.8 Å². The van der Waals surface area contributed by atoms with Crippen molar-refractivity contribution < 1.29 is 19.4 Å². The molecule has 0 spiro atoms. The molecule has 102 valence electrons. The van der Waals surface area contributed by atoms with Crippen LogP contribution in [-0.2, 0) is 14.3 Å². The van der Waals surface area contributed by atoms with Crippen molar-refractivity contribution in [1.29, 1.82) is 0 Å². The van der Waals surface area contributed by atoms with Gasteiger partial charge in [-0.05, 0) is 19.4 Å². The van der Waals surface area contributed by atoms with Crippen LogP contribution in [0.5, 0.6) is 0 Å². The average molecular weight is 256 g/mol. The SMILES string of the molecule is O=C(O)CCC(=O)NCC1CN2CCCC2CO1. The van der Waals surface area contributed by atoms with E-state index in [2.05, 4.69) is 10.2 Å². The predicted molar refractivity (Wildman–Crippen MR) is 64.2 cm³/mol. The molecule has 2 atom stereocenters. The first kappa shape index (κ1) is 13.3. The monoisotopic (exact) mass is 256 g/mol. The fraction of sp³-hybridized carbons (Fsp3) is 0.833. The van der Waals surface area contributed by atoms with Crippen LogP contribution in [0, 0.1) is 0 Å². The number of carboxylic acid groups (broad SMARTS) is 1. The van der Waals surface area contributed by atoms with Crippen LogP contribution in [0.25, 0.3) is 0 Å². The van der Waals surface area contributed by atoms with Crippen LogP contribution in [0.15, 0.2) is 0 Å². The average Bonchev–Trinajstić information content (AvgIpc) is 2.81. The van der Waals surface area contributed by atoms with Crippen molar-refractivity contribution in [1.82, 2.24) is 10.2 Å². The highest BCUT2D eigenvalue weighted by molar-refractivity contribution is 5.80. The second-order valence-electron chi connectivity index (χ2n) is 4.94. The van der Waals surface area contributed by atoms with Gasteiger partial charge in [-0.1, -0.05) is 0 Å². The number of carbonyl (C=O) groups is 2. The van der Waals surface area contributed by atoms with Gasteiger partial charge in [-0.3, -0.25) is 14.5 Å². The molecule has 18 heavy (non-hydrogen) atoms. The summed E-state index contributed by atoms with van der Waals surface area (Å²) in [6.07, 6.45) is 2.39. The summed E-state index contributed by atoms with van der Waals surface area (Å²) in [5, 5.41) is 11.2. The number of hydrogen-bond donors (Lipinski definition) is 2. The molecule has 2 rings (SSSR count). The van der Waals surface area contributed by atoms with E-state index >= 15 is 0 Å². The van der Waals surface area contributed by atoms with Crippen molar-refractivity contribution in [2.75, 3.05) is 26.2 Å².